The highest BCUT2D eigenvalue weighted by atomic mass is 32.2. The zero-order valence-electron chi connectivity index (χ0n) is 8.91. The van der Waals surface area contributed by atoms with Crippen LogP contribution in [0.25, 0.3) is 0 Å². The van der Waals surface area contributed by atoms with Crippen LogP contribution in [0.15, 0.2) is 0 Å². The fourth-order valence-corrected chi connectivity index (χ4v) is 2.53. The predicted octanol–water partition coefficient (Wildman–Crippen LogP) is 0.577. The maximum atomic E-state index is 12.3. The highest BCUT2D eigenvalue weighted by Gasteiger charge is 2.40. The number of alkyl halides is 2. The van der Waals surface area contributed by atoms with Crippen LogP contribution in [0.5, 0.6) is 0 Å². The second-order valence-electron chi connectivity index (χ2n) is 4.18. The van der Waals surface area contributed by atoms with E-state index in [1.165, 1.54) is 0 Å². The van der Waals surface area contributed by atoms with Crippen molar-refractivity contribution in [2.75, 3.05) is 13.1 Å². The van der Waals surface area contributed by atoms with Gasteiger partial charge in [-0.15, -0.1) is 0 Å². The molecule has 1 aliphatic rings. The molecule has 8 heteroatoms. The van der Waals surface area contributed by atoms with Crippen molar-refractivity contribution < 1.29 is 17.2 Å². The summed E-state index contributed by atoms with van der Waals surface area (Å²) < 4.78 is 47.6. The summed E-state index contributed by atoms with van der Waals surface area (Å²) in [7, 11) is -4.49. The summed E-state index contributed by atoms with van der Waals surface area (Å²) in [5.41, 5.74) is 4.81. The minimum Gasteiger partial charge on any atom is -0.387 e. The number of hydrogen-bond acceptors (Lipinski definition) is 3. The molecule has 0 unspecified atom stereocenters. The Labute approximate surface area is 93.2 Å². The first-order valence-electron chi connectivity index (χ1n) is 4.82. The summed E-state index contributed by atoms with van der Waals surface area (Å²) in [6.45, 7) is 1.72. The normalized spacial score (nSPS) is 22.2. The Morgan fingerprint density at radius 3 is 2.19 bits per heavy atom. The van der Waals surface area contributed by atoms with Crippen LogP contribution in [0.3, 0.4) is 0 Å². The molecular weight excluding hydrogens is 240 g/mol. The van der Waals surface area contributed by atoms with Crippen molar-refractivity contribution in [1.29, 1.82) is 5.41 Å². The molecule has 0 aromatic rings. The molecule has 1 saturated heterocycles. The molecule has 0 amide bonds. The molecule has 0 bridgehead atoms. The van der Waals surface area contributed by atoms with Crippen LogP contribution in [0.4, 0.5) is 8.78 Å². The Morgan fingerprint density at radius 1 is 1.44 bits per heavy atom. The van der Waals surface area contributed by atoms with E-state index < -0.39 is 21.2 Å². The average molecular weight is 255 g/mol. The molecule has 0 saturated carbocycles. The van der Waals surface area contributed by atoms with E-state index in [4.69, 9.17) is 11.1 Å². The summed E-state index contributed by atoms with van der Waals surface area (Å²) in [5.74, 6) is -3.41. The first kappa shape index (κ1) is 13.3. The quantitative estimate of drug-likeness (QED) is 0.571. The van der Waals surface area contributed by atoms with Crippen molar-refractivity contribution in [3.8, 4) is 0 Å². The Balaban J connectivity index is 2.73. The lowest BCUT2D eigenvalue weighted by molar-refractivity contribution is 0.194. The summed E-state index contributed by atoms with van der Waals surface area (Å²) in [4.78, 5) is 0. The fraction of sp³-hybridized carbons (Fsp3) is 0.875. The second kappa shape index (κ2) is 4.25. The maximum absolute atomic E-state index is 12.3. The molecule has 0 aromatic carbocycles. The second-order valence-corrected chi connectivity index (χ2v) is 6.08. The molecule has 1 heterocycles. The van der Waals surface area contributed by atoms with E-state index in [1.54, 1.807) is 6.92 Å². The SMILES string of the molecule is CC1(C(=N)N)CCN(S(=O)(=O)C(F)F)CC1. The number of nitrogens with zero attached hydrogens (tertiary/aromatic N) is 1. The topological polar surface area (TPSA) is 87.2 Å². The van der Waals surface area contributed by atoms with E-state index >= 15 is 0 Å². The molecule has 16 heavy (non-hydrogen) atoms. The number of nitrogens with one attached hydrogen (secondary N) is 1. The van der Waals surface area contributed by atoms with Gasteiger partial charge in [-0.2, -0.15) is 13.1 Å². The van der Waals surface area contributed by atoms with Gasteiger partial charge < -0.3 is 5.73 Å². The fourth-order valence-electron chi connectivity index (χ4n) is 1.62. The lowest BCUT2D eigenvalue weighted by atomic mass is 9.80. The third kappa shape index (κ3) is 2.32. The van der Waals surface area contributed by atoms with Gasteiger partial charge in [0.05, 0.1) is 5.84 Å². The van der Waals surface area contributed by atoms with Gasteiger partial charge in [0, 0.05) is 18.5 Å². The third-order valence-corrected chi connectivity index (χ3v) is 4.60. The van der Waals surface area contributed by atoms with Crippen molar-refractivity contribution >= 4 is 15.9 Å². The van der Waals surface area contributed by atoms with E-state index in [-0.39, 0.29) is 18.9 Å². The van der Waals surface area contributed by atoms with Crippen LogP contribution in [-0.4, -0.2) is 37.4 Å². The Morgan fingerprint density at radius 2 is 1.88 bits per heavy atom. The van der Waals surface area contributed by atoms with Crippen LogP contribution in [0.1, 0.15) is 19.8 Å². The van der Waals surface area contributed by atoms with Crippen molar-refractivity contribution in [3.05, 3.63) is 0 Å². The van der Waals surface area contributed by atoms with Gasteiger partial charge >= 0.3 is 5.76 Å². The van der Waals surface area contributed by atoms with Gasteiger partial charge in [0.2, 0.25) is 0 Å². The molecule has 5 nitrogen and oxygen atoms in total. The zero-order chi connectivity index (χ0) is 12.6. The van der Waals surface area contributed by atoms with Crippen LogP contribution < -0.4 is 5.73 Å². The lowest BCUT2D eigenvalue weighted by Crippen LogP contribution is -2.48. The summed E-state index contributed by atoms with van der Waals surface area (Å²) in [5, 5.41) is 7.35. The van der Waals surface area contributed by atoms with Crippen LogP contribution in [0.2, 0.25) is 0 Å². The van der Waals surface area contributed by atoms with E-state index in [9.17, 15) is 17.2 Å². The molecule has 0 spiro atoms. The van der Waals surface area contributed by atoms with Crippen molar-refractivity contribution in [2.24, 2.45) is 11.1 Å². The van der Waals surface area contributed by atoms with Gasteiger partial charge in [-0.05, 0) is 12.8 Å². The molecule has 1 fully saturated rings. The number of nitrogens with two attached hydrogens (primary N) is 1. The summed E-state index contributed by atoms with van der Waals surface area (Å²) >= 11 is 0. The third-order valence-electron chi connectivity index (χ3n) is 3.06. The van der Waals surface area contributed by atoms with Crippen molar-refractivity contribution in [2.45, 2.75) is 25.5 Å². The van der Waals surface area contributed by atoms with Crippen LogP contribution in [0, 0.1) is 10.8 Å². The number of sulfonamides is 1. The minimum atomic E-state index is -4.49. The molecule has 0 aromatic heterocycles. The standard InChI is InChI=1S/C8H15F2N3O2S/c1-8(6(11)12)2-4-13(5-3-8)16(14,15)7(9)10/h7H,2-5H2,1H3,(H3,11,12). The lowest BCUT2D eigenvalue weighted by Gasteiger charge is -2.37. The van der Waals surface area contributed by atoms with E-state index in [0.29, 0.717) is 12.8 Å². The number of piperidine rings is 1. The van der Waals surface area contributed by atoms with E-state index in [2.05, 4.69) is 0 Å². The summed E-state index contributed by atoms with van der Waals surface area (Å²) in [6, 6.07) is 0. The smallest absolute Gasteiger partial charge is 0.350 e. The molecule has 1 rings (SSSR count). The van der Waals surface area contributed by atoms with Crippen molar-refractivity contribution in [3.63, 3.8) is 0 Å². The van der Waals surface area contributed by atoms with Crippen LogP contribution in [-0.2, 0) is 10.0 Å². The number of hydrogen-bond donors (Lipinski definition) is 2. The first-order chi connectivity index (χ1) is 7.20. The largest absolute Gasteiger partial charge is 0.387 e. The molecule has 1 aliphatic heterocycles. The molecule has 94 valence electrons. The zero-order valence-corrected chi connectivity index (χ0v) is 9.73. The molecule has 3 N–H and O–H groups in total. The average Bonchev–Trinajstić information content (AvgIpc) is 2.18. The van der Waals surface area contributed by atoms with Gasteiger partial charge in [0.1, 0.15) is 0 Å². The molecule has 0 aliphatic carbocycles. The highest BCUT2D eigenvalue weighted by Crippen LogP contribution is 2.32. The Bertz CT molecular complexity index is 375. The number of rotatable bonds is 3. The molecule has 0 atom stereocenters. The first-order valence-corrected chi connectivity index (χ1v) is 6.32. The van der Waals surface area contributed by atoms with Crippen LogP contribution >= 0.6 is 0 Å². The van der Waals surface area contributed by atoms with Gasteiger partial charge in [0.25, 0.3) is 10.0 Å². The number of amidine groups is 1. The van der Waals surface area contributed by atoms with E-state index in [1.807, 2.05) is 0 Å². The Kier molecular flexibility index (Phi) is 3.53. The number of halogens is 2. The van der Waals surface area contributed by atoms with E-state index in [0.717, 1.165) is 4.31 Å². The van der Waals surface area contributed by atoms with Gasteiger partial charge in [0.15, 0.2) is 0 Å². The van der Waals surface area contributed by atoms with Gasteiger partial charge in [-0.25, -0.2) is 8.42 Å². The molecule has 0 radical (unpaired) electrons. The Hall–Kier alpha value is -0.760. The van der Waals surface area contributed by atoms with Crippen molar-refractivity contribution in [1.82, 2.24) is 4.31 Å². The maximum Gasteiger partial charge on any atom is 0.350 e. The predicted molar refractivity (Wildman–Crippen MR) is 55.8 cm³/mol. The highest BCUT2D eigenvalue weighted by molar-refractivity contribution is 7.89. The van der Waals surface area contributed by atoms with Gasteiger partial charge in [-0.1, -0.05) is 6.92 Å². The summed E-state index contributed by atoms with van der Waals surface area (Å²) in [6.07, 6.45) is 0.600. The van der Waals surface area contributed by atoms with Gasteiger partial charge in [-0.3, -0.25) is 5.41 Å². The monoisotopic (exact) mass is 255 g/mol. The molecular formula is C8H15F2N3O2S. The minimum absolute atomic E-state index is 0.0112.